The van der Waals surface area contributed by atoms with Crippen LogP contribution in [0.3, 0.4) is 0 Å². The first-order chi connectivity index (χ1) is 14.2. The quantitative estimate of drug-likeness (QED) is 0.330. The van der Waals surface area contributed by atoms with E-state index < -0.39 is 11.6 Å². The minimum absolute atomic E-state index is 0.487. The van der Waals surface area contributed by atoms with Crippen LogP contribution in [0.4, 0.5) is 8.78 Å². The van der Waals surface area contributed by atoms with Crippen LogP contribution >= 0.6 is 0 Å². The van der Waals surface area contributed by atoms with Gasteiger partial charge in [0.2, 0.25) is 0 Å². The van der Waals surface area contributed by atoms with Crippen molar-refractivity contribution in [2.24, 2.45) is 5.92 Å². The molecule has 2 aromatic rings. The van der Waals surface area contributed by atoms with Crippen LogP contribution in [-0.4, -0.2) is 0 Å². The number of benzene rings is 2. The zero-order valence-corrected chi connectivity index (χ0v) is 17.5. The van der Waals surface area contributed by atoms with Crippen LogP contribution in [0.2, 0.25) is 0 Å². The zero-order chi connectivity index (χ0) is 20.5. The molecule has 0 nitrogen and oxygen atoms in total. The molecule has 0 unspecified atom stereocenters. The van der Waals surface area contributed by atoms with Gasteiger partial charge in [0, 0.05) is 11.1 Å². The number of unbranched alkanes of at least 4 members (excludes halogenated alkanes) is 4. The highest BCUT2D eigenvalue weighted by molar-refractivity contribution is 5.44. The van der Waals surface area contributed by atoms with Crippen molar-refractivity contribution >= 4 is 0 Å². The van der Waals surface area contributed by atoms with E-state index in [0.29, 0.717) is 11.5 Å². The minimum atomic E-state index is -0.858. The van der Waals surface area contributed by atoms with Crippen LogP contribution in [0.5, 0.6) is 0 Å². The maximum absolute atomic E-state index is 13.3. The van der Waals surface area contributed by atoms with Crippen molar-refractivity contribution in [1.29, 1.82) is 0 Å². The van der Waals surface area contributed by atoms with Crippen LogP contribution in [0, 0.1) is 29.4 Å². The summed E-state index contributed by atoms with van der Waals surface area (Å²) in [5, 5.41) is 0. The van der Waals surface area contributed by atoms with Crippen LogP contribution in [0.1, 0.15) is 93.7 Å². The van der Waals surface area contributed by atoms with E-state index in [0.717, 1.165) is 23.6 Å². The van der Waals surface area contributed by atoms with Gasteiger partial charge in [0.15, 0.2) is 11.6 Å². The molecule has 0 aromatic heterocycles. The van der Waals surface area contributed by atoms with Crippen molar-refractivity contribution in [3.8, 4) is 11.8 Å². The molecule has 0 N–H and O–H groups in total. The van der Waals surface area contributed by atoms with Crippen LogP contribution < -0.4 is 0 Å². The van der Waals surface area contributed by atoms with Crippen molar-refractivity contribution in [2.75, 3.05) is 0 Å². The summed E-state index contributed by atoms with van der Waals surface area (Å²) < 4.78 is 26.3. The lowest BCUT2D eigenvalue weighted by molar-refractivity contribution is 0.302. The van der Waals surface area contributed by atoms with Crippen molar-refractivity contribution in [1.82, 2.24) is 0 Å². The van der Waals surface area contributed by atoms with Gasteiger partial charge in [-0.2, -0.15) is 0 Å². The second-order valence-corrected chi connectivity index (χ2v) is 8.42. The Morgan fingerprint density at radius 2 is 1.41 bits per heavy atom. The summed E-state index contributed by atoms with van der Waals surface area (Å²) in [6.45, 7) is 2.27. The van der Waals surface area contributed by atoms with Gasteiger partial charge in [0.05, 0.1) is 0 Å². The Balaban J connectivity index is 1.47. The van der Waals surface area contributed by atoms with Crippen molar-refractivity contribution in [3.05, 3.63) is 70.8 Å². The molecule has 0 atom stereocenters. The molecule has 0 saturated heterocycles. The molecule has 154 valence electrons. The summed E-state index contributed by atoms with van der Waals surface area (Å²) >= 11 is 0. The average Bonchev–Trinajstić information content (AvgIpc) is 2.75. The molecule has 1 fully saturated rings. The molecule has 3 rings (SSSR count). The molecule has 0 aliphatic heterocycles. The third kappa shape index (κ3) is 6.70. The van der Waals surface area contributed by atoms with Crippen LogP contribution in [-0.2, 0) is 0 Å². The lowest BCUT2D eigenvalue weighted by Gasteiger charge is -2.29. The first-order valence-electron chi connectivity index (χ1n) is 11.2. The fourth-order valence-corrected chi connectivity index (χ4v) is 4.38. The summed E-state index contributed by atoms with van der Waals surface area (Å²) in [5.41, 5.74) is 2.80. The number of hydrogen-bond acceptors (Lipinski definition) is 0. The topological polar surface area (TPSA) is 0 Å². The minimum Gasteiger partial charge on any atom is -0.204 e. The lowest BCUT2D eigenvalue weighted by Crippen LogP contribution is -2.13. The summed E-state index contributed by atoms with van der Waals surface area (Å²) in [7, 11) is 0. The summed E-state index contributed by atoms with van der Waals surface area (Å²) in [4.78, 5) is 0. The van der Waals surface area contributed by atoms with E-state index in [9.17, 15) is 8.78 Å². The van der Waals surface area contributed by atoms with Gasteiger partial charge in [-0.1, -0.05) is 69.4 Å². The van der Waals surface area contributed by atoms with Crippen molar-refractivity contribution in [2.45, 2.75) is 77.0 Å². The van der Waals surface area contributed by atoms with Crippen molar-refractivity contribution in [3.63, 3.8) is 0 Å². The first-order valence-corrected chi connectivity index (χ1v) is 11.2. The Bertz CT molecular complexity index is 818. The fraction of sp³-hybridized carbons (Fsp3) is 0.481. The highest BCUT2D eigenvalue weighted by atomic mass is 19.2. The van der Waals surface area contributed by atoms with Gasteiger partial charge in [-0.25, -0.2) is 8.78 Å². The Morgan fingerprint density at radius 3 is 2.10 bits per heavy atom. The van der Waals surface area contributed by atoms with E-state index >= 15 is 0 Å². The van der Waals surface area contributed by atoms with Gasteiger partial charge in [-0.05, 0) is 73.4 Å². The molecule has 1 saturated carbocycles. The van der Waals surface area contributed by atoms with Crippen LogP contribution in [0.25, 0.3) is 0 Å². The van der Waals surface area contributed by atoms with E-state index in [1.807, 2.05) is 12.1 Å². The molecule has 2 aromatic carbocycles. The Hall–Kier alpha value is -2.14. The fourth-order valence-electron chi connectivity index (χ4n) is 4.38. The van der Waals surface area contributed by atoms with Gasteiger partial charge in [-0.3, -0.25) is 0 Å². The van der Waals surface area contributed by atoms with Gasteiger partial charge in [0.25, 0.3) is 0 Å². The van der Waals surface area contributed by atoms with E-state index in [4.69, 9.17) is 0 Å². The molecular formula is C27H32F2. The summed E-state index contributed by atoms with van der Waals surface area (Å²) in [6.07, 6.45) is 13.6. The van der Waals surface area contributed by atoms with Gasteiger partial charge < -0.3 is 0 Å². The van der Waals surface area contributed by atoms with E-state index in [-0.39, 0.29) is 0 Å². The monoisotopic (exact) mass is 394 g/mol. The number of hydrogen-bond donors (Lipinski definition) is 0. The third-order valence-corrected chi connectivity index (χ3v) is 6.22. The SMILES string of the molecule is CCCCCCC[C@H]1CC[C@H](c2ccc(C#Cc3ccc(F)c(F)c3)cc2)CC1. The van der Waals surface area contributed by atoms with Gasteiger partial charge in [0.1, 0.15) is 0 Å². The Labute approximate surface area is 174 Å². The van der Waals surface area contributed by atoms with Gasteiger partial charge in [-0.15, -0.1) is 0 Å². The highest BCUT2D eigenvalue weighted by Gasteiger charge is 2.21. The predicted molar refractivity (Wildman–Crippen MR) is 117 cm³/mol. The molecule has 2 heteroatoms. The standard InChI is InChI=1S/C27H32F2/c1-2-3-4-5-6-7-21-10-15-24(16-11-21)25-17-12-22(13-18-25)8-9-23-14-19-26(28)27(29)20-23/h12-14,17-21,24H,2-7,10-11,15-16H2,1H3/t21-,24-. The smallest absolute Gasteiger partial charge is 0.160 e. The zero-order valence-electron chi connectivity index (χ0n) is 17.5. The third-order valence-electron chi connectivity index (χ3n) is 6.22. The molecule has 0 amide bonds. The largest absolute Gasteiger partial charge is 0.204 e. The molecule has 0 bridgehead atoms. The van der Waals surface area contributed by atoms with Gasteiger partial charge >= 0.3 is 0 Å². The molecule has 1 aliphatic rings. The highest BCUT2D eigenvalue weighted by Crippen LogP contribution is 2.37. The van der Waals surface area contributed by atoms with E-state index in [1.165, 1.54) is 75.8 Å². The summed E-state index contributed by atoms with van der Waals surface area (Å²) in [6, 6.07) is 12.2. The maximum Gasteiger partial charge on any atom is 0.160 e. The number of rotatable bonds is 7. The molecule has 0 radical (unpaired) electrons. The molecular weight excluding hydrogens is 362 g/mol. The Kier molecular flexibility index (Phi) is 8.29. The number of halogens is 2. The normalized spacial score (nSPS) is 18.9. The summed E-state index contributed by atoms with van der Waals surface area (Å²) in [5.74, 6) is 5.84. The maximum atomic E-state index is 13.3. The molecule has 0 spiro atoms. The lowest BCUT2D eigenvalue weighted by atomic mass is 9.77. The average molecular weight is 395 g/mol. The van der Waals surface area contributed by atoms with E-state index in [2.05, 4.69) is 30.9 Å². The second kappa shape index (κ2) is 11.1. The Morgan fingerprint density at radius 1 is 0.759 bits per heavy atom. The van der Waals surface area contributed by atoms with Crippen molar-refractivity contribution < 1.29 is 8.78 Å². The second-order valence-electron chi connectivity index (χ2n) is 8.42. The van der Waals surface area contributed by atoms with E-state index in [1.54, 1.807) is 0 Å². The molecule has 29 heavy (non-hydrogen) atoms. The van der Waals surface area contributed by atoms with Crippen LogP contribution in [0.15, 0.2) is 42.5 Å². The molecule has 0 heterocycles. The predicted octanol–water partition coefficient (Wildman–Crippen LogP) is 8.00. The molecule has 1 aliphatic carbocycles. The first kappa shape index (κ1) is 21.6.